The second-order valence-electron chi connectivity index (χ2n) is 15.6. The summed E-state index contributed by atoms with van der Waals surface area (Å²) in [5, 5.41) is 41.6. The minimum absolute atomic E-state index is 0.136. The van der Waals surface area contributed by atoms with Gasteiger partial charge >= 0.3 is 23.9 Å². The highest BCUT2D eigenvalue weighted by atomic mass is 16.5. The van der Waals surface area contributed by atoms with Crippen molar-refractivity contribution < 1.29 is 58.7 Å². The fourth-order valence-electron chi connectivity index (χ4n) is 7.63. The molecule has 0 fully saturated rings. The van der Waals surface area contributed by atoms with Crippen molar-refractivity contribution in [1.82, 2.24) is 0 Å². The van der Waals surface area contributed by atoms with E-state index in [1.165, 1.54) is 12.2 Å². The van der Waals surface area contributed by atoms with Gasteiger partial charge in [0.15, 0.2) is 11.6 Å². The number of carboxylic acid groups (broad SMARTS) is 4. The van der Waals surface area contributed by atoms with Crippen LogP contribution in [0.25, 0.3) is 45.5 Å². The molecule has 12 heteroatoms. The Morgan fingerprint density at radius 1 is 0.343 bits per heavy atom. The van der Waals surface area contributed by atoms with Gasteiger partial charge in [-0.25, -0.2) is 19.2 Å². The van der Waals surface area contributed by atoms with Crippen molar-refractivity contribution in [3.05, 3.63) is 239 Å². The van der Waals surface area contributed by atoms with Crippen molar-refractivity contribution in [3.63, 3.8) is 0 Å². The molecule has 0 unspecified atom stereocenters. The molecule has 0 aliphatic heterocycles. The van der Waals surface area contributed by atoms with E-state index in [1.54, 1.807) is 109 Å². The van der Waals surface area contributed by atoms with Gasteiger partial charge in [0.25, 0.3) is 0 Å². The molecular formula is C58H38O12. The quantitative estimate of drug-likeness (QED) is 0.0498. The molecule has 0 amide bonds. The predicted octanol–water partition coefficient (Wildman–Crippen LogP) is 12.9. The zero-order valence-electron chi connectivity index (χ0n) is 36.7. The summed E-state index contributed by atoms with van der Waals surface area (Å²) in [7, 11) is 0. The van der Waals surface area contributed by atoms with Gasteiger partial charge in [0.05, 0.1) is 22.3 Å². The Kier molecular flexibility index (Phi) is 13.8. The summed E-state index contributed by atoms with van der Waals surface area (Å²) in [6.45, 7) is 0. The fraction of sp³-hybridized carbons (Fsp3) is 0. The van der Waals surface area contributed by atoms with Crippen molar-refractivity contribution in [2.24, 2.45) is 0 Å². The molecule has 0 bridgehead atoms. The predicted molar refractivity (Wildman–Crippen MR) is 263 cm³/mol. The van der Waals surface area contributed by atoms with Crippen LogP contribution in [0.4, 0.5) is 0 Å². The third-order valence-corrected chi connectivity index (χ3v) is 11.1. The number of ether oxygens (including phenoxy) is 2. The van der Waals surface area contributed by atoms with Crippen molar-refractivity contribution >= 4 is 47.6 Å². The topological polar surface area (TPSA) is 202 Å². The van der Waals surface area contributed by atoms with Gasteiger partial charge in [0.2, 0.25) is 0 Å². The number of carbonyl (C=O) groups is 6. The molecule has 8 aromatic carbocycles. The van der Waals surface area contributed by atoms with Crippen molar-refractivity contribution in [2.75, 3.05) is 0 Å². The number of hydrogen-bond donors (Lipinski definition) is 4. The van der Waals surface area contributed by atoms with Gasteiger partial charge in [-0.3, -0.25) is 9.59 Å². The SMILES string of the molecule is O=C(C=Cc1ccc(-c2ccc(Oc3ccc(C(=O)O)c(C(=O)O)c3-c3c(Oc4ccc(-c5ccc(C=CC(=O)c6ccccc6)cc5)cc4)ccc(C(=O)O)c3C(=O)O)cc2)cc1)c1ccccc1. The van der Waals surface area contributed by atoms with Gasteiger partial charge in [-0.2, -0.15) is 0 Å². The number of aromatic carboxylic acids is 4. The summed E-state index contributed by atoms with van der Waals surface area (Å²) >= 11 is 0. The van der Waals surface area contributed by atoms with Crippen LogP contribution in [-0.4, -0.2) is 55.9 Å². The van der Waals surface area contributed by atoms with Gasteiger partial charge in [0.1, 0.15) is 23.0 Å². The number of hydrogen-bond acceptors (Lipinski definition) is 8. The monoisotopic (exact) mass is 926 g/mol. The first-order valence-corrected chi connectivity index (χ1v) is 21.4. The molecule has 0 atom stereocenters. The van der Waals surface area contributed by atoms with E-state index < -0.39 is 57.3 Å². The summed E-state index contributed by atoms with van der Waals surface area (Å²) in [4.78, 5) is 76.4. The maximum absolute atomic E-state index is 13.1. The minimum Gasteiger partial charge on any atom is -0.478 e. The van der Waals surface area contributed by atoms with Crippen molar-refractivity contribution in [2.45, 2.75) is 0 Å². The van der Waals surface area contributed by atoms with Crippen molar-refractivity contribution in [3.8, 4) is 56.4 Å². The van der Waals surface area contributed by atoms with E-state index >= 15 is 0 Å². The summed E-state index contributed by atoms with van der Waals surface area (Å²) in [6.07, 6.45) is 6.41. The molecule has 12 nitrogen and oxygen atoms in total. The molecule has 70 heavy (non-hydrogen) atoms. The van der Waals surface area contributed by atoms with Crippen LogP contribution < -0.4 is 9.47 Å². The first kappa shape index (κ1) is 46.6. The zero-order valence-corrected chi connectivity index (χ0v) is 36.7. The summed E-state index contributed by atoms with van der Waals surface area (Å²) in [6, 6.07) is 50.0. The summed E-state index contributed by atoms with van der Waals surface area (Å²) in [5.74, 6) is -7.49. The molecule has 4 N–H and O–H groups in total. The van der Waals surface area contributed by atoms with E-state index in [4.69, 9.17) is 9.47 Å². The maximum Gasteiger partial charge on any atom is 0.337 e. The molecule has 8 aromatic rings. The van der Waals surface area contributed by atoms with E-state index in [2.05, 4.69) is 0 Å². The number of rotatable bonds is 17. The lowest BCUT2D eigenvalue weighted by Crippen LogP contribution is -2.15. The van der Waals surface area contributed by atoms with Gasteiger partial charge in [-0.15, -0.1) is 0 Å². The van der Waals surface area contributed by atoms with Gasteiger partial charge in [0, 0.05) is 22.3 Å². The Labute approximate surface area is 399 Å². The molecule has 0 heterocycles. The highest BCUT2D eigenvalue weighted by Crippen LogP contribution is 2.47. The zero-order chi connectivity index (χ0) is 49.3. The van der Waals surface area contributed by atoms with E-state index in [0.29, 0.717) is 11.1 Å². The number of carboxylic acids is 4. The summed E-state index contributed by atoms with van der Waals surface area (Å²) < 4.78 is 12.5. The maximum atomic E-state index is 13.1. The normalized spacial score (nSPS) is 11.0. The first-order chi connectivity index (χ1) is 33.8. The van der Waals surface area contributed by atoms with Crippen LogP contribution >= 0.6 is 0 Å². The Morgan fingerprint density at radius 3 is 0.957 bits per heavy atom. The lowest BCUT2D eigenvalue weighted by Gasteiger charge is -2.21. The van der Waals surface area contributed by atoms with E-state index in [0.717, 1.165) is 57.6 Å². The molecule has 0 aromatic heterocycles. The largest absolute Gasteiger partial charge is 0.478 e. The molecule has 8 rings (SSSR count). The van der Waals surface area contributed by atoms with Gasteiger partial charge in [-0.05, 0) is 94.1 Å². The van der Waals surface area contributed by atoms with E-state index in [-0.39, 0.29) is 34.6 Å². The Balaban J connectivity index is 1.11. The average Bonchev–Trinajstić information content (AvgIpc) is 3.38. The molecule has 0 saturated heterocycles. The van der Waals surface area contributed by atoms with Crippen LogP contribution in [0.15, 0.2) is 194 Å². The van der Waals surface area contributed by atoms with Crippen LogP contribution in [-0.2, 0) is 0 Å². The summed E-state index contributed by atoms with van der Waals surface area (Å²) in [5.41, 5.74) is 1.50. The second kappa shape index (κ2) is 20.7. The molecule has 0 spiro atoms. The highest BCUT2D eigenvalue weighted by molar-refractivity contribution is 6.14. The fourth-order valence-corrected chi connectivity index (χ4v) is 7.63. The standard InChI is InChI=1S/C58H38O12/c59-47(41-7-3-1-4-8-41)31-15-35-11-17-37(18-12-35)39-21-25-43(26-22-39)69-49-33-29-45(55(61)62)51(57(65)66)53(49)54-50(34-30-46(56(63)64)52(54)58(67)68)70-44-27-23-40(24-28-44)38-19-13-36(14-20-38)16-32-48(60)42-9-5-2-6-10-42/h1-34H,(H,61,62)(H,63,64)(H,65,66)(H,67,68). The smallest absolute Gasteiger partial charge is 0.337 e. The Hall–Kier alpha value is -9.94. The van der Waals surface area contributed by atoms with E-state index in [9.17, 15) is 49.2 Å². The Morgan fingerprint density at radius 2 is 0.657 bits per heavy atom. The molecule has 0 aliphatic carbocycles. The lowest BCUT2D eigenvalue weighted by molar-refractivity contribution is 0.0649. The van der Waals surface area contributed by atoms with Crippen LogP contribution in [0.2, 0.25) is 0 Å². The third kappa shape index (κ3) is 10.5. The van der Waals surface area contributed by atoms with Gasteiger partial charge in [-0.1, -0.05) is 146 Å². The van der Waals surface area contributed by atoms with Crippen molar-refractivity contribution in [1.29, 1.82) is 0 Å². The Bertz CT molecular complexity index is 3130. The molecule has 0 saturated carbocycles. The molecule has 342 valence electrons. The number of carbonyl (C=O) groups excluding carboxylic acids is 2. The number of benzene rings is 8. The molecular weight excluding hydrogens is 889 g/mol. The lowest BCUT2D eigenvalue weighted by atomic mass is 9.88. The number of allylic oxidation sites excluding steroid dienone is 2. The van der Waals surface area contributed by atoms with Crippen LogP contribution in [0.3, 0.4) is 0 Å². The molecule has 0 aliphatic rings. The van der Waals surface area contributed by atoms with Crippen LogP contribution in [0.1, 0.15) is 73.3 Å². The average molecular weight is 927 g/mol. The van der Waals surface area contributed by atoms with E-state index in [1.807, 2.05) is 60.7 Å². The van der Waals surface area contributed by atoms with Gasteiger partial charge < -0.3 is 29.9 Å². The second-order valence-corrected chi connectivity index (χ2v) is 15.6. The van der Waals surface area contributed by atoms with Crippen LogP contribution in [0.5, 0.6) is 23.0 Å². The molecule has 0 radical (unpaired) electrons. The highest BCUT2D eigenvalue weighted by Gasteiger charge is 2.33. The van der Waals surface area contributed by atoms with Crippen LogP contribution in [0, 0.1) is 0 Å². The first-order valence-electron chi connectivity index (χ1n) is 21.4. The third-order valence-electron chi connectivity index (χ3n) is 11.1. The number of ketones is 2. The minimum atomic E-state index is -1.77.